The second-order valence-corrected chi connectivity index (χ2v) is 5.11. The normalized spacial score (nSPS) is 10.1. The highest BCUT2D eigenvalue weighted by Crippen LogP contribution is 2.17. The van der Waals surface area contributed by atoms with Crippen LogP contribution < -0.4 is 15.8 Å². The summed E-state index contributed by atoms with van der Waals surface area (Å²) in [5.74, 6) is 0.614. The van der Waals surface area contributed by atoms with Gasteiger partial charge in [-0.1, -0.05) is 34.1 Å². The molecule has 0 aromatic heterocycles. The summed E-state index contributed by atoms with van der Waals surface area (Å²) in [4.78, 5) is 11.9. The van der Waals surface area contributed by atoms with Crippen LogP contribution in [0, 0.1) is 0 Å². The van der Waals surface area contributed by atoms with Gasteiger partial charge >= 0.3 is 0 Å². The van der Waals surface area contributed by atoms with Crippen molar-refractivity contribution in [2.24, 2.45) is 0 Å². The van der Waals surface area contributed by atoms with Crippen molar-refractivity contribution in [1.82, 2.24) is 5.32 Å². The molecule has 0 aliphatic carbocycles. The lowest BCUT2D eigenvalue weighted by Gasteiger charge is -2.08. The van der Waals surface area contributed by atoms with Gasteiger partial charge < -0.3 is 15.8 Å². The molecule has 2 rings (SSSR count). The summed E-state index contributed by atoms with van der Waals surface area (Å²) in [6.45, 7) is 0.847. The van der Waals surface area contributed by atoms with Crippen LogP contribution in [0.15, 0.2) is 53.0 Å². The molecule has 2 aromatic rings. The molecule has 4 nitrogen and oxygen atoms in total. The van der Waals surface area contributed by atoms with Gasteiger partial charge in [-0.2, -0.15) is 0 Å². The zero-order chi connectivity index (χ0) is 14.4. The van der Waals surface area contributed by atoms with Crippen LogP contribution in [-0.4, -0.2) is 19.1 Å². The van der Waals surface area contributed by atoms with E-state index in [1.165, 1.54) is 0 Å². The maximum Gasteiger partial charge on any atom is 0.251 e. The van der Waals surface area contributed by atoms with Crippen molar-refractivity contribution in [2.75, 3.05) is 18.9 Å². The van der Waals surface area contributed by atoms with Crippen molar-refractivity contribution in [3.05, 3.63) is 58.6 Å². The molecule has 0 aliphatic rings. The average Bonchev–Trinajstić information content (AvgIpc) is 2.43. The lowest BCUT2D eigenvalue weighted by Crippen LogP contribution is -2.28. The molecule has 0 heterocycles. The van der Waals surface area contributed by atoms with Crippen LogP contribution in [0.3, 0.4) is 0 Å². The number of nitrogens with two attached hydrogens (primary N) is 1. The Morgan fingerprint density at radius 3 is 2.65 bits per heavy atom. The van der Waals surface area contributed by atoms with Crippen LogP contribution in [0.5, 0.6) is 5.75 Å². The highest BCUT2D eigenvalue weighted by atomic mass is 79.9. The molecule has 5 heteroatoms. The van der Waals surface area contributed by atoms with E-state index >= 15 is 0 Å². The average molecular weight is 335 g/mol. The molecular formula is C15H15BrN2O2. The van der Waals surface area contributed by atoms with Crippen molar-refractivity contribution in [3.8, 4) is 5.75 Å². The third-order valence-corrected chi connectivity index (χ3v) is 3.04. The fraction of sp³-hybridized carbons (Fsp3) is 0.133. The molecule has 20 heavy (non-hydrogen) atoms. The van der Waals surface area contributed by atoms with Crippen LogP contribution in [-0.2, 0) is 0 Å². The van der Waals surface area contributed by atoms with Crippen molar-refractivity contribution < 1.29 is 9.53 Å². The van der Waals surface area contributed by atoms with Gasteiger partial charge in [-0.25, -0.2) is 0 Å². The van der Waals surface area contributed by atoms with E-state index in [4.69, 9.17) is 10.5 Å². The van der Waals surface area contributed by atoms with Crippen molar-refractivity contribution >= 4 is 27.5 Å². The fourth-order valence-electron chi connectivity index (χ4n) is 1.70. The summed E-state index contributed by atoms with van der Waals surface area (Å²) in [6, 6.07) is 14.6. The summed E-state index contributed by atoms with van der Waals surface area (Å²) < 4.78 is 6.27. The Bertz CT molecular complexity index is 567. The number of carbonyl (C=O) groups is 1. The number of halogens is 1. The minimum absolute atomic E-state index is 0.172. The third kappa shape index (κ3) is 4.28. The number of para-hydroxylation sites is 1. The molecule has 0 atom stereocenters. The van der Waals surface area contributed by atoms with E-state index in [0.29, 0.717) is 24.4 Å². The van der Waals surface area contributed by atoms with Crippen molar-refractivity contribution in [2.45, 2.75) is 0 Å². The number of rotatable bonds is 5. The van der Waals surface area contributed by atoms with E-state index in [0.717, 1.165) is 10.2 Å². The van der Waals surface area contributed by atoms with Gasteiger partial charge in [-0.3, -0.25) is 4.79 Å². The minimum atomic E-state index is -0.172. The number of anilines is 1. The van der Waals surface area contributed by atoms with Crippen LogP contribution in [0.25, 0.3) is 0 Å². The van der Waals surface area contributed by atoms with Crippen LogP contribution in [0.4, 0.5) is 5.69 Å². The number of hydrogen-bond donors (Lipinski definition) is 2. The summed E-state index contributed by atoms with van der Waals surface area (Å²) in [7, 11) is 0. The topological polar surface area (TPSA) is 64.4 Å². The predicted molar refractivity (Wildman–Crippen MR) is 82.8 cm³/mol. The first-order chi connectivity index (χ1) is 9.65. The first-order valence-electron chi connectivity index (χ1n) is 6.17. The van der Waals surface area contributed by atoms with E-state index in [1.54, 1.807) is 18.2 Å². The van der Waals surface area contributed by atoms with E-state index < -0.39 is 0 Å². The number of ether oxygens (including phenoxy) is 1. The number of hydrogen-bond acceptors (Lipinski definition) is 3. The summed E-state index contributed by atoms with van der Waals surface area (Å²) in [6.07, 6.45) is 0. The van der Waals surface area contributed by atoms with Gasteiger partial charge in [0.25, 0.3) is 5.91 Å². The second-order valence-electron chi connectivity index (χ2n) is 4.19. The van der Waals surface area contributed by atoms with E-state index in [1.807, 2.05) is 30.3 Å². The SMILES string of the molecule is Nc1cc(Br)cc(C(=O)NCCOc2ccccc2)c1. The Morgan fingerprint density at radius 2 is 1.95 bits per heavy atom. The highest BCUT2D eigenvalue weighted by Gasteiger charge is 2.06. The maximum atomic E-state index is 11.9. The molecule has 0 saturated carbocycles. The number of carbonyl (C=O) groups excluding carboxylic acids is 1. The van der Waals surface area contributed by atoms with E-state index in [-0.39, 0.29) is 5.91 Å². The standard InChI is InChI=1S/C15H15BrN2O2/c16-12-8-11(9-13(17)10-12)15(19)18-6-7-20-14-4-2-1-3-5-14/h1-5,8-10H,6-7,17H2,(H,18,19). The second kappa shape index (κ2) is 6.96. The first kappa shape index (κ1) is 14.4. The third-order valence-electron chi connectivity index (χ3n) is 2.58. The largest absolute Gasteiger partial charge is 0.492 e. The molecular weight excluding hydrogens is 320 g/mol. The molecule has 1 amide bonds. The first-order valence-corrected chi connectivity index (χ1v) is 6.96. The molecule has 0 radical (unpaired) electrons. The molecule has 2 aromatic carbocycles. The summed E-state index contributed by atoms with van der Waals surface area (Å²) >= 11 is 3.31. The van der Waals surface area contributed by atoms with Gasteiger partial charge in [0.1, 0.15) is 12.4 Å². The molecule has 0 spiro atoms. The molecule has 3 N–H and O–H groups in total. The summed E-state index contributed by atoms with van der Waals surface area (Å²) in [5, 5.41) is 2.78. The van der Waals surface area contributed by atoms with Gasteiger partial charge in [-0.15, -0.1) is 0 Å². The Hall–Kier alpha value is -2.01. The number of amides is 1. The van der Waals surface area contributed by atoms with E-state index in [9.17, 15) is 4.79 Å². The van der Waals surface area contributed by atoms with Gasteiger partial charge in [0.05, 0.1) is 6.54 Å². The molecule has 0 unspecified atom stereocenters. The highest BCUT2D eigenvalue weighted by molar-refractivity contribution is 9.10. The predicted octanol–water partition coefficient (Wildman–Crippen LogP) is 2.84. The molecule has 0 aliphatic heterocycles. The Balaban J connectivity index is 1.80. The lowest BCUT2D eigenvalue weighted by atomic mass is 10.2. The zero-order valence-electron chi connectivity index (χ0n) is 10.8. The van der Waals surface area contributed by atoms with Crippen LogP contribution in [0.2, 0.25) is 0 Å². The van der Waals surface area contributed by atoms with E-state index in [2.05, 4.69) is 21.2 Å². The zero-order valence-corrected chi connectivity index (χ0v) is 12.4. The smallest absolute Gasteiger partial charge is 0.251 e. The van der Waals surface area contributed by atoms with Crippen molar-refractivity contribution in [1.29, 1.82) is 0 Å². The monoisotopic (exact) mass is 334 g/mol. The van der Waals surface area contributed by atoms with Gasteiger partial charge in [-0.05, 0) is 30.3 Å². The molecule has 104 valence electrons. The summed E-state index contributed by atoms with van der Waals surface area (Å²) in [5.41, 5.74) is 6.76. The van der Waals surface area contributed by atoms with Gasteiger partial charge in [0.15, 0.2) is 0 Å². The molecule has 0 bridgehead atoms. The Labute approximate surface area is 126 Å². The number of nitrogen functional groups attached to an aromatic ring is 1. The Kier molecular flexibility index (Phi) is 5.01. The molecule has 0 saturated heterocycles. The lowest BCUT2D eigenvalue weighted by molar-refractivity contribution is 0.0947. The van der Waals surface area contributed by atoms with Crippen LogP contribution in [0.1, 0.15) is 10.4 Å². The van der Waals surface area contributed by atoms with Crippen LogP contribution >= 0.6 is 15.9 Å². The quantitative estimate of drug-likeness (QED) is 0.652. The maximum absolute atomic E-state index is 11.9. The fourth-order valence-corrected chi connectivity index (χ4v) is 2.21. The minimum Gasteiger partial charge on any atom is -0.492 e. The molecule has 0 fully saturated rings. The van der Waals surface area contributed by atoms with Crippen molar-refractivity contribution in [3.63, 3.8) is 0 Å². The van der Waals surface area contributed by atoms with Gasteiger partial charge in [0, 0.05) is 15.7 Å². The number of benzene rings is 2. The Morgan fingerprint density at radius 1 is 1.20 bits per heavy atom. The van der Waals surface area contributed by atoms with Gasteiger partial charge in [0.2, 0.25) is 0 Å². The number of nitrogens with one attached hydrogen (secondary N) is 1.